The molecule has 0 saturated heterocycles. The molecular formula is C11H14N-. The van der Waals surface area contributed by atoms with Crippen LogP contribution < -0.4 is 0 Å². The fourth-order valence-corrected chi connectivity index (χ4v) is 1.22. The molecule has 0 aliphatic rings. The highest BCUT2D eigenvalue weighted by molar-refractivity contribution is 5.27. The Morgan fingerprint density at radius 2 is 2.25 bits per heavy atom. The van der Waals surface area contributed by atoms with Gasteiger partial charge < -0.3 is 4.90 Å². The van der Waals surface area contributed by atoms with Crippen molar-refractivity contribution in [2.45, 2.75) is 13.0 Å². The molecule has 0 aromatic heterocycles. The summed E-state index contributed by atoms with van der Waals surface area (Å²) in [6.45, 7) is 1.87. The molecule has 0 aliphatic carbocycles. The van der Waals surface area contributed by atoms with Crippen LogP contribution in [0.15, 0.2) is 24.3 Å². The lowest BCUT2D eigenvalue weighted by Gasteiger charge is -2.22. The van der Waals surface area contributed by atoms with Crippen molar-refractivity contribution in [1.29, 1.82) is 0 Å². The molecule has 12 heavy (non-hydrogen) atoms. The van der Waals surface area contributed by atoms with Gasteiger partial charge in [-0.05, 0) is 21.0 Å². The van der Waals surface area contributed by atoms with Crippen LogP contribution in [0, 0.1) is 11.8 Å². The Morgan fingerprint density at radius 3 is 2.67 bits per heavy atom. The summed E-state index contributed by atoms with van der Waals surface area (Å²) in [6.07, 6.45) is 0. The third-order valence-electron chi connectivity index (χ3n) is 1.80. The van der Waals surface area contributed by atoms with Crippen LogP contribution in [-0.2, 0) is 0 Å². The van der Waals surface area contributed by atoms with Crippen molar-refractivity contribution in [3.05, 3.63) is 29.8 Å². The Morgan fingerprint density at radius 1 is 1.50 bits per heavy atom. The first-order chi connectivity index (χ1) is 5.75. The van der Waals surface area contributed by atoms with E-state index >= 15 is 0 Å². The average Bonchev–Trinajstić information content (AvgIpc) is 2.51. The van der Waals surface area contributed by atoms with Crippen molar-refractivity contribution < 1.29 is 0 Å². The maximum absolute atomic E-state index is 3.16. The second-order valence-corrected chi connectivity index (χ2v) is 2.98. The highest BCUT2D eigenvalue weighted by atomic mass is 15.1. The van der Waals surface area contributed by atoms with Gasteiger partial charge in [0.15, 0.2) is 0 Å². The molecule has 0 amide bonds. The van der Waals surface area contributed by atoms with Gasteiger partial charge in [-0.1, -0.05) is 5.92 Å². The van der Waals surface area contributed by atoms with Gasteiger partial charge in [0.25, 0.3) is 0 Å². The second-order valence-electron chi connectivity index (χ2n) is 2.98. The lowest BCUT2D eigenvalue weighted by Crippen LogP contribution is -2.17. The molecule has 0 fully saturated rings. The third-order valence-corrected chi connectivity index (χ3v) is 1.80. The quantitative estimate of drug-likeness (QED) is 0.472. The van der Waals surface area contributed by atoms with E-state index in [9.17, 15) is 0 Å². The number of nitrogens with zero attached hydrogens (tertiary/aromatic N) is 1. The van der Waals surface area contributed by atoms with Gasteiger partial charge in [-0.2, -0.15) is 23.8 Å². The second kappa shape index (κ2) is 4.04. The van der Waals surface area contributed by atoms with Crippen LogP contribution in [0.1, 0.15) is 18.5 Å². The first kappa shape index (κ1) is 8.96. The molecule has 1 atom stereocenters. The molecule has 0 radical (unpaired) electrons. The zero-order chi connectivity index (χ0) is 8.97. The van der Waals surface area contributed by atoms with Crippen LogP contribution in [0.2, 0.25) is 0 Å². The van der Waals surface area contributed by atoms with Gasteiger partial charge in [0.2, 0.25) is 0 Å². The van der Waals surface area contributed by atoms with E-state index in [0.717, 1.165) is 0 Å². The standard InChI is InChI=1S/C11H14N/c1-4-7-11(12(2)3)10-8-5-6-9-10/h5-6,8-9,11H,1-3H3/q-1. The molecule has 0 heterocycles. The van der Waals surface area contributed by atoms with Crippen molar-refractivity contribution in [3.8, 4) is 11.8 Å². The fraction of sp³-hybridized carbons (Fsp3) is 0.364. The molecule has 0 bridgehead atoms. The lowest BCUT2D eigenvalue weighted by atomic mass is 10.1. The Balaban J connectivity index is 2.85. The van der Waals surface area contributed by atoms with Crippen LogP contribution in [-0.4, -0.2) is 19.0 Å². The highest BCUT2D eigenvalue weighted by Gasteiger charge is 2.02. The fourth-order valence-electron chi connectivity index (χ4n) is 1.22. The van der Waals surface area contributed by atoms with E-state index in [4.69, 9.17) is 0 Å². The van der Waals surface area contributed by atoms with E-state index in [-0.39, 0.29) is 6.04 Å². The molecule has 1 nitrogen and oxygen atoms in total. The van der Waals surface area contributed by atoms with E-state index in [1.54, 1.807) is 0 Å². The monoisotopic (exact) mass is 160 g/mol. The maximum atomic E-state index is 3.16. The predicted octanol–water partition coefficient (Wildman–Crippen LogP) is 2.03. The summed E-state index contributed by atoms with van der Waals surface area (Å²) in [7, 11) is 4.09. The Hall–Kier alpha value is -1.13. The van der Waals surface area contributed by atoms with Crippen molar-refractivity contribution in [3.63, 3.8) is 0 Å². The molecular weight excluding hydrogens is 146 g/mol. The normalized spacial score (nSPS) is 12.3. The molecule has 0 aliphatic heterocycles. The van der Waals surface area contributed by atoms with E-state index in [2.05, 4.69) is 28.9 Å². The zero-order valence-electron chi connectivity index (χ0n) is 7.83. The lowest BCUT2D eigenvalue weighted by molar-refractivity contribution is 0.361. The molecule has 1 heteroatoms. The van der Waals surface area contributed by atoms with Gasteiger partial charge in [-0.25, -0.2) is 6.07 Å². The zero-order valence-corrected chi connectivity index (χ0v) is 7.83. The average molecular weight is 160 g/mol. The van der Waals surface area contributed by atoms with Crippen LogP contribution in [0.25, 0.3) is 0 Å². The van der Waals surface area contributed by atoms with Crippen LogP contribution in [0.4, 0.5) is 0 Å². The minimum atomic E-state index is 0.241. The molecule has 0 spiro atoms. The summed E-state index contributed by atoms with van der Waals surface area (Å²) in [4.78, 5) is 2.12. The van der Waals surface area contributed by atoms with Gasteiger partial charge in [0.1, 0.15) is 0 Å². The van der Waals surface area contributed by atoms with Gasteiger partial charge in [-0.3, -0.25) is 0 Å². The van der Waals surface area contributed by atoms with Crippen molar-refractivity contribution in [2.24, 2.45) is 0 Å². The number of hydrogen-bond acceptors (Lipinski definition) is 1. The molecule has 0 saturated carbocycles. The first-order valence-corrected chi connectivity index (χ1v) is 4.06. The van der Waals surface area contributed by atoms with Crippen LogP contribution in [0.5, 0.6) is 0 Å². The minimum absolute atomic E-state index is 0.241. The summed E-state index contributed by atoms with van der Waals surface area (Å²) < 4.78 is 0. The predicted molar refractivity (Wildman–Crippen MR) is 51.9 cm³/mol. The summed E-state index contributed by atoms with van der Waals surface area (Å²) in [5.74, 6) is 6.11. The summed E-state index contributed by atoms with van der Waals surface area (Å²) >= 11 is 0. The highest BCUT2D eigenvalue weighted by Crippen LogP contribution is 2.16. The summed E-state index contributed by atoms with van der Waals surface area (Å²) in [5, 5.41) is 0. The topological polar surface area (TPSA) is 3.24 Å². The maximum Gasteiger partial charge on any atom is 0.0412 e. The Labute approximate surface area is 74.4 Å². The Bertz CT molecular complexity index is 272. The van der Waals surface area contributed by atoms with Crippen molar-refractivity contribution in [1.82, 2.24) is 4.90 Å². The third kappa shape index (κ3) is 1.93. The van der Waals surface area contributed by atoms with Crippen LogP contribution in [0.3, 0.4) is 0 Å². The Kier molecular flexibility index (Phi) is 3.01. The molecule has 1 aromatic carbocycles. The number of hydrogen-bond donors (Lipinski definition) is 0. The van der Waals surface area contributed by atoms with E-state index < -0.39 is 0 Å². The molecule has 0 N–H and O–H groups in total. The van der Waals surface area contributed by atoms with E-state index in [0.29, 0.717) is 0 Å². The van der Waals surface area contributed by atoms with Crippen molar-refractivity contribution in [2.75, 3.05) is 14.1 Å². The smallest absolute Gasteiger partial charge is 0.0412 e. The van der Waals surface area contributed by atoms with E-state index in [1.807, 2.05) is 33.2 Å². The van der Waals surface area contributed by atoms with Gasteiger partial charge in [0, 0.05) is 6.04 Å². The number of rotatable bonds is 2. The first-order valence-electron chi connectivity index (χ1n) is 4.06. The van der Waals surface area contributed by atoms with Crippen molar-refractivity contribution >= 4 is 0 Å². The van der Waals surface area contributed by atoms with E-state index in [1.165, 1.54) is 5.56 Å². The molecule has 1 aromatic rings. The van der Waals surface area contributed by atoms with Gasteiger partial charge in [0.05, 0.1) is 0 Å². The molecule has 1 rings (SSSR count). The largest absolute Gasteiger partial charge is 0.303 e. The van der Waals surface area contributed by atoms with Gasteiger partial charge in [-0.15, -0.1) is 5.92 Å². The SMILES string of the molecule is CC#CC(c1cc[cH-]c1)N(C)C. The molecule has 1 unspecified atom stereocenters. The van der Waals surface area contributed by atoms with Crippen LogP contribution >= 0.6 is 0 Å². The summed E-state index contributed by atoms with van der Waals surface area (Å²) in [5.41, 5.74) is 1.27. The minimum Gasteiger partial charge on any atom is -0.303 e. The molecule has 64 valence electrons. The van der Waals surface area contributed by atoms with Gasteiger partial charge >= 0.3 is 0 Å². The summed E-state index contributed by atoms with van der Waals surface area (Å²) in [6, 6.07) is 8.54.